The third-order valence-electron chi connectivity index (χ3n) is 11.4. The van der Waals surface area contributed by atoms with E-state index in [0.29, 0.717) is 6.42 Å². The van der Waals surface area contributed by atoms with Crippen molar-refractivity contribution in [1.29, 1.82) is 0 Å². The maximum Gasteiger partial charge on any atom is 0.262 e. The molecule has 8 N–H and O–H groups in total. The Morgan fingerprint density at radius 2 is 0.734 bits per heavy atom. The second-order valence-electron chi connectivity index (χ2n) is 17.6. The van der Waals surface area contributed by atoms with E-state index in [1.807, 2.05) is 0 Å². The topological polar surface area (TPSA) is 218 Å². The molecule has 2 atom stereocenters. The molecule has 14 heteroatoms. The second-order valence-corrected chi connectivity index (χ2v) is 17.6. The Balaban J connectivity index is 5.02. The molecule has 0 saturated heterocycles. The maximum absolute atomic E-state index is 13.5. The Labute approximate surface area is 390 Å². The number of guanidine groups is 1. The molecule has 0 saturated carbocycles. The lowest BCUT2D eigenvalue weighted by Crippen LogP contribution is -2.49. The van der Waals surface area contributed by atoms with Gasteiger partial charge in [-0.15, -0.1) is 0 Å². The van der Waals surface area contributed by atoms with Crippen LogP contribution in [0.25, 0.3) is 0 Å². The molecule has 0 radical (unpaired) electrons. The van der Waals surface area contributed by atoms with Crippen LogP contribution in [-0.2, 0) is 19.2 Å². The number of nitrogens with two attached hydrogens (primary N) is 2. The van der Waals surface area contributed by atoms with Gasteiger partial charge in [-0.2, -0.15) is 15.3 Å². The predicted molar refractivity (Wildman–Crippen MR) is 269 cm³/mol. The summed E-state index contributed by atoms with van der Waals surface area (Å²) in [6, 6.07) is -2.27. The summed E-state index contributed by atoms with van der Waals surface area (Å²) in [6.07, 6.45) is 44.4. The number of carbonyl (C=O) groups excluding carboxylic acids is 4. The van der Waals surface area contributed by atoms with Crippen molar-refractivity contribution in [2.75, 3.05) is 0 Å². The number of amides is 4. The standard InChI is InChI=1S/C50H96N10O4/c1-4-7-10-13-16-19-22-25-28-31-34-41-53-58-46(61)39-37-44(57-50(51)52)48(63)56-45(49(64)60-55-43-36-33-30-27-24-21-18-15-12-9-6-3)38-40-47(62)59-54-42-35-32-29-26-23-20-17-14-11-8-5-2/h41-45H,4-40H2,1-3H3,(H,56,63)(H,58,61)(H,59,62)(H,60,64)(H4,51,52,57)/b53-41+,54-42+,55-43+/t44-,45-/m0/s1. The first-order chi connectivity index (χ1) is 31.2. The van der Waals surface area contributed by atoms with Gasteiger partial charge >= 0.3 is 0 Å². The van der Waals surface area contributed by atoms with E-state index in [2.05, 4.69) is 62.7 Å². The number of hydrogen-bond donors (Lipinski definition) is 6. The van der Waals surface area contributed by atoms with Crippen molar-refractivity contribution in [1.82, 2.24) is 21.6 Å². The molecule has 370 valence electrons. The number of carbonyl (C=O) groups is 4. The normalized spacial score (nSPS) is 12.5. The van der Waals surface area contributed by atoms with Crippen molar-refractivity contribution in [3.8, 4) is 0 Å². The first-order valence-corrected chi connectivity index (χ1v) is 26.1. The first kappa shape index (κ1) is 60.2. The van der Waals surface area contributed by atoms with Gasteiger partial charge in [-0.25, -0.2) is 21.3 Å². The minimum Gasteiger partial charge on any atom is -0.370 e. The number of nitrogens with one attached hydrogen (secondary N) is 4. The molecule has 0 aromatic heterocycles. The molecular formula is C50H96N10O4. The van der Waals surface area contributed by atoms with E-state index in [1.54, 1.807) is 18.6 Å². The fourth-order valence-corrected chi connectivity index (χ4v) is 7.41. The minimum absolute atomic E-state index is 0.0197. The van der Waals surface area contributed by atoms with E-state index in [1.165, 1.54) is 154 Å². The van der Waals surface area contributed by atoms with Crippen molar-refractivity contribution in [2.45, 2.75) is 270 Å². The van der Waals surface area contributed by atoms with Crippen LogP contribution in [0.4, 0.5) is 0 Å². The fraction of sp³-hybridized carbons (Fsp3) is 0.840. The number of hydrazone groups is 3. The SMILES string of the molecule is CCCCCCCCCCCC/C=N/NC(=O)CC[C@H](N=C(N)N)C(=O)N[C@@H](CCC(=O)N/N=C/CCCCCCCCCCCC)C(=O)N/N=C/CCCCCCCCCCCC. The highest BCUT2D eigenvalue weighted by Crippen LogP contribution is 2.14. The minimum atomic E-state index is -1.15. The highest BCUT2D eigenvalue weighted by molar-refractivity contribution is 5.92. The van der Waals surface area contributed by atoms with E-state index in [4.69, 9.17) is 11.5 Å². The lowest BCUT2D eigenvalue weighted by Gasteiger charge is -2.19. The molecule has 0 aromatic rings. The van der Waals surface area contributed by atoms with E-state index >= 15 is 0 Å². The molecule has 0 aliphatic heterocycles. The van der Waals surface area contributed by atoms with Crippen LogP contribution in [0.3, 0.4) is 0 Å². The summed E-state index contributed by atoms with van der Waals surface area (Å²) in [5.41, 5.74) is 18.9. The third-order valence-corrected chi connectivity index (χ3v) is 11.4. The Morgan fingerprint density at radius 3 is 1.08 bits per heavy atom. The number of rotatable bonds is 46. The molecule has 0 bridgehead atoms. The van der Waals surface area contributed by atoms with Crippen molar-refractivity contribution in [2.24, 2.45) is 31.8 Å². The highest BCUT2D eigenvalue weighted by Gasteiger charge is 2.27. The van der Waals surface area contributed by atoms with Crippen LogP contribution in [-0.4, -0.2) is 60.3 Å². The molecular weight excluding hydrogens is 805 g/mol. The van der Waals surface area contributed by atoms with Gasteiger partial charge < -0.3 is 16.8 Å². The van der Waals surface area contributed by atoms with Gasteiger partial charge in [-0.3, -0.25) is 19.2 Å². The quantitative estimate of drug-likeness (QED) is 0.0151. The Morgan fingerprint density at radius 1 is 0.422 bits per heavy atom. The molecule has 0 rings (SSSR count). The zero-order valence-electron chi connectivity index (χ0n) is 41.1. The van der Waals surface area contributed by atoms with Crippen molar-refractivity contribution in [3.05, 3.63) is 0 Å². The Bertz CT molecular complexity index is 1250. The number of hydrogen-bond acceptors (Lipinski definition) is 8. The van der Waals surface area contributed by atoms with E-state index < -0.39 is 23.9 Å². The van der Waals surface area contributed by atoms with Gasteiger partial charge in [0.05, 0.1) is 0 Å². The summed E-state index contributed by atoms with van der Waals surface area (Å²) in [7, 11) is 0. The van der Waals surface area contributed by atoms with E-state index in [0.717, 1.165) is 51.4 Å². The van der Waals surface area contributed by atoms with Gasteiger partial charge in [0.1, 0.15) is 12.1 Å². The van der Waals surface area contributed by atoms with E-state index in [9.17, 15) is 19.2 Å². The summed E-state index contributed by atoms with van der Waals surface area (Å²) < 4.78 is 0. The summed E-state index contributed by atoms with van der Waals surface area (Å²) in [5.74, 6) is -2.35. The summed E-state index contributed by atoms with van der Waals surface area (Å²) in [5, 5.41) is 14.9. The zero-order valence-corrected chi connectivity index (χ0v) is 41.1. The van der Waals surface area contributed by atoms with Gasteiger partial charge in [0.15, 0.2) is 5.96 Å². The molecule has 0 unspecified atom stereocenters. The smallest absolute Gasteiger partial charge is 0.262 e. The van der Waals surface area contributed by atoms with Crippen molar-refractivity contribution in [3.63, 3.8) is 0 Å². The molecule has 14 nitrogen and oxygen atoms in total. The lowest BCUT2D eigenvalue weighted by atomic mass is 10.1. The second kappa shape index (κ2) is 47.1. The summed E-state index contributed by atoms with van der Waals surface area (Å²) in [4.78, 5) is 56.2. The van der Waals surface area contributed by atoms with Gasteiger partial charge in [0.2, 0.25) is 17.7 Å². The van der Waals surface area contributed by atoms with Gasteiger partial charge in [0.25, 0.3) is 5.91 Å². The van der Waals surface area contributed by atoms with Crippen LogP contribution in [0.15, 0.2) is 20.3 Å². The Hall–Kier alpha value is -3.84. The summed E-state index contributed by atoms with van der Waals surface area (Å²) >= 11 is 0. The van der Waals surface area contributed by atoms with Gasteiger partial charge in [-0.05, 0) is 51.4 Å². The average Bonchev–Trinajstić information content (AvgIpc) is 3.28. The van der Waals surface area contributed by atoms with Crippen LogP contribution in [0.5, 0.6) is 0 Å². The Kier molecular flexibility index (Phi) is 44.3. The molecule has 64 heavy (non-hydrogen) atoms. The fourth-order valence-electron chi connectivity index (χ4n) is 7.41. The maximum atomic E-state index is 13.5. The van der Waals surface area contributed by atoms with Crippen molar-refractivity contribution >= 4 is 48.2 Å². The third kappa shape index (κ3) is 42.1. The zero-order chi connectivity index (χ0) is 47.0. The molecule has 0 aliphatic rings. The molecule has 0 heterocycles. The summed E-state index contributed by atoms with van der Waals surface area (Å²) in [6.45, 7) is 6.71. The number of aliphatic imine (C=N–C) groups is 1. The van der Waals surface area contributed by atoms with E-state index in [-0.39, 0.29) is 43.5 Å². The first-order valence-electron chi connectivity index (χ1n) is 26.1. The molecule has 0 aliphatic carbocycles. The van der Waals surface area contributed by atoms with Gasteiger partial charge in [0, 0.05) is 31.5 Å². The number of nitrogens with zero attached hydrogens (tertiary/aromatic N) is 4. The van der Waals surface area contributed by atoms with Gasteiger partial charge in [-0.1, -0.05) is 194 Å². The van der Waals surface area contributed by atoms with Crippen LogP contribution < -0.4 is 33.1 Å². The molecule has 0 fully saturated rings. The molecule has 4 amide bonds. The van der Waals surface area contributed by atoms with Crippen LogP contribution in [0.2, 0.25) is 0 Å². The largest absolute Gasteiger partial charge is 0.370 e. The predicted octanol–water partition coefficient (Wildman–Crippen LogP) is 10.9. The van der Waals surface area contributed by atoms with Crippen LogP contribution in [0, 0.1) is 0 Å². The van der Waals surface area contributed by atoms with Crippen LogP contribution >= 0.6 is 0 Å². The van der Waals surface area contributed by atoms with Crippen LogP contribution in [0.1, 0.15) is 258 Å². The molecule has 0 aromatic carbocycles. The number of unbranched alkanes of at least 4 members (excludes halogenated alkanes) is 30. The monoisotopic (exact) mass is 901 g/mol. The highest BCUT2D eigenvalue weighted by atomic mass is 16.2. The average molecular weight is 901 g/mol. The molecule has 0 spiro atoms. The van der Waals surface area contributed by atoms with Crippen molar-refractivity contribution < 1.29 is 19.2 Å². The lowest BCUT2D eigenvalue weighted by molar-refractivity contribution is -0.130.